The molecule has 0 radical (unpaired) electrons. The van der Waals surface area contributed by atoms with Crippen LogP contribution < -0.4 is 15.6 Å². The summed E-state index contributed by atoms with van der Waals surface area (Å²) < 4.78 is 34.3. The fourth-order valence-electron chi connectivity index (χ4n) is 6.09. The summed E-state index contributed by atoms with van der Waals surface area (Å²) in [6, 6.07) is 27.8. The molecule has 0 saturated carbocycles. The van der Waals surface area contributed by atoms with E-state index in [-0.39, 0.29) is 18.1 Å². The summed E-state index contributed by atoms with van der Waals surface area (Å²) >= 11 is 6.34. The summed E-state index contributed by atoms with van der Waals surface area (Å²) in [5.74, 6) is 0.857. The number of nitrogens with one attached hydrogen (secondary N) is 2. The van der Waals surface area contributed by atoms with Gasteiger partial charge in [0.25, 0.3) is 5.56 Å². The Labute approximate surface area is 295 Å². The summed E-state index contributed by atoms with van der Waals surface area (Å²) in [5.41, 5.74) is 2.09. The third-order valence-corrected chi connectivity index (χ3v) is 11.2. The van der Waals surface area contributed by atoms with Crippen LogP contribution in [-0.2, 0) is 19.4 Å². The average molecular weight is 719 g/mol. The molecule has 3 aromatic carbocycles. The van der Waals surface area contributed by atoms with Crippen LogP contribution >= 0.6 is 18.1 Å². The first kappa shape index (κ1) is 35.5. The van der Waals surface area contributed by atoms with Gasteiger partial charge in [0.05, 0.1) is 38.0 Å². The van der Waals surface area contributed by atoms with Crippen LogP contribution in [0, 0.1) is 0 Å². The Morgan fingerprint density at radius 1 is 1.04 bits per heavy atom. The summed E-state index contributed by atoms with van der Waals surface area (Å²) in [6.07, 6.45) is 2.19. The van der Waals surface area contributed by atoms with Crippen LogP contribution in [0.4, 0.5) is 5.95 Å². The minimum absolute atomic E-state index is 0.0889. The number of hydrogen-bond acceptors (Lipinski definition) is 9. The van der Waals surface area contributed by atoms with E-state index in [1.54, 1.807) is 37.0 Å². The van der Waals surface area contributed by atoms with Crippen LogP contribution in [0.1, 0.15) is 29.3 Å². The monoisotopic (exact) mass is 718 g/mol. The molecule has 2 aromatic heterocycles. The van der Waals surface area contributed by atoms with Crippen molar-refractivity contribution in [3.05, 3.63) is 118 Å². The van der Waals surface area contributed by atoms with Gasteiger partial charge in [0.2, 0.25) is 5.95 Å². The van der Waals surface area contributed by atoms with Crippen molar-refractivity contribution in [2.45, 2.75) is 30.3 Å². The summed E-state index contributed by atoms with van der Waals surface area (Å²) in [7, 11) is 8.47. The highest BCUT2D eigenvalue weighted by Gasteiger charge is 2.45. The predicted octanol–water partition coefficient (Wildman–Crippen LogP) is 5.51. The third kappa shape index (κ3) is 7.25. The zero-order chi connectivity index (χ0) is 35.5. The van der Waals surface area contributed by atoms with Crippen molar-refractivity contribution in [3.8, 4) is 5.75 Å². The Bertz CT molecular complexity index is 2000. The molecule has 0 aliphatic carbocycles. The van der Waals surface area contributed by atoms with Crippen LogP contribution in [-0.4, -0.2) is 89.5 Å². The Balaban J connectivity index is 1.47. The molecule has 3 heterocycles. The first-order valence-corrected chi connectivity index (χ1v) is 18.5. The SMILES string of the molecule is COc1ccc(C(NC2CC(n3cnc4c(=O)[nH]c(/N=C\N(C)C)nc43)OC2COP(=O)(Cl)N(C)C)(c2ccccc2)c2ccccc2)cc1. The zero-order valence-electron chi connectivity index (χ0n) is 28.4. The van der Waals surface area contributed by atoms with Gasteiger partial charge in [-0.3, -0.25) is 24.2 Å². The Hall–Kier alpha value is -4.36. The third-order valence-electron chi connectivity index (χ3n) is 8.59. The molecule has 5 aromatic rings. The topological polar surface area (TPSA) is 139 Å². The first-order chi connectivity index (χ1) is 24.0. The number of imidazole rings is 1. The smallest absolute Gasteiger partial charge is 0.362 e. The van der Waals surface area contributed by atoms with Gasteiger partial charge in [-0.2, -0.15) is 4.98 Å². The molecular formula is C35H40ClN8O5P. The number of hydrogen-bond donors (Lipinski definition) is 2. The van der Waals surface area contributed by atoms with Gasteiger partial charge in [-0.05, 0) is 54.2 Å². The highest BCUT2D eigenvalue weighted by atomic mass is 35.7. The number of H-pyrrole nitrogens is 1. The normalized spacial score (nSPS) is 19.3. The van der Waals surface area contributed by atoms with Gasteiger partial charge >= 0.3 is 6.87 Å². The first-order valence-electron chi connectivity index (χ1n) is 16.0. The standard InChI is InChI=1S/C35H40ClN8O5P/c1-42(2)22-38-34-39-32-31(33(45)40-34)37-23-44(32)30-20-28(29(49-30)21-48-50(36,46)43(3)4)41-35(24-12-8-6-9-13-24,25-14-10-7-11-15-25)26-16-18-27(47-5)19-17-26/h6-19,22-23,28-30,41H,20-21H2,1-5H3,(H,39,40,45)/b38-22-. The highest BCUT2D eigenvalue weighted by molar-refractivity contribution is 7.83. The molecule has 1 aliphatic rings. The molecule has 1 saturated heterocycles. The number of ether oxygens (including phenoxy) is 2. The van der Waals surface area contributed by atoms with Crippen molar-refractivity contribution in [2.24, 2.45) is 4.99 Å². The second-order valence-corrected chi connectivity index (χ2v) is 15.6. The van der Waals surface area contributed by atoms with Crippen molar-refractivity contribution in [3.63, 3.8) is 0 Å². The van der Waals surface area contributed by atoms with E-state index in [0.29, 0.717) is 12.1 Å². The minimum atomic E-state index is -3.64. The molecule has 15 heteroatoms. The molecule has 13 nitrogen and oxygen atoms in total. The largest absolute Gasteiger partial charge is 0.497 e. The van der Waals surface area contributed by atoms with Crippen LogP contribution in [0.3, 0.4) is 0 Å². The predicted molar refractivity (Wildman–Crippen MR) is 194 cm³/mol. The maximum Gasteiger partial charge on any atom is 0.362 e. The van der Waals surface area contributed by atoms with E-state index in [9.17, 15) is 9.36 Å². The van der Waals surface area contributed by atoms with Gasteiger partial charge in [-0.15, -0.1) is 0 Å². The summed E-state index contributed by atoms with van der Waals surface area (Å²) in [4.78, 5) is 30.7. The number of halogens is 1. The van der Waals surface area contributed by atoms with E-state index >= 15 is 0 Å². The molecular weight excluding hydrogens is 679 g/mol. The maximum atomic E-state index is 13.2. The molecule has 4 atom stereocenters. The van der Waals surface area contributed by atoms with Crippen LogP contribution in [0.2, 0.25) is 0 Å². The zero-order valence-corrected chi connectivity index (χ0v) is 30.1. The molecule has 2 N–H and O–H groups in total. The van der Waals surface area contributed by atoms with E-state index < -0.39 is 36.3 Å². The molecule has 4 unspecified atom stereocenters. The van der Waals surface area contributed by atoms with E-state index in [4.69, 9.17) is 25.2 Å². The molecule has 6 rings (SSSR count). The second-order valence-electron chi connectivity index (χ2n) is 12.3. The van der Waals surface area contributed by atoms with E-state index in [1.165, 1.54) is 11.0 Å². The van der Waals surface area contributed by atoms with Crippen LogP contribution in [0.5, 0.6) is 5.75 Å². The van der Waals surface area contributed by atoms with Crippen molar-refractivity contribution in [1.82, 2.24) is 34.4 Å². The number of nitrogens with zero attached hydrogens (tertiary/aromatic N) is 6. The van der Waals surface area contributed by atoms with Crippen LogP contribution in [0.15, 0.2) is 101 Å². The van der Waals surface area contributed by atoms with Gasteiger partial charge in [0.1, 0.15) is 12.0 Å². The quantitative estimate of drug-likeness (QED) is 0.0693. The van der Waals surface area contributed by atoms with Crippen LogP contribution in [0.25, 0.3) is 11.2 Å². The molecule has 0 spiro atoms. The highest BCUT2D eigenvalue weighted by Crippen LogP contribution is 2.54. The average Bonchev–Trinajstić information content (AvgIpc) is 3.73. The summed E-state index contributed by atoms with van der Waals surface area (Å²) in [5, 5.41) is 3.98. The fraction of sp³-hybridized carbons (Fsp3) is 0.314. The molecule has 0 amide bonds. The van der Waals surface area contributed by atoms with E-state index in [0.717, 1.165) is 22.4 Å². The molecule has 50 heavy (non-hydrogen) atoms. The second kappa shape index (κ2) is 14.9. The fourth-order valence-corrected chi connectivity index (χ4v) is 6.82. The van der Waals surface area contributed by atoms with Crippen molar-refractivity contribution in [2.75, 3.05) is 41.9 Å². The van der Waals surface area contributed by atoms with Gasteiger partial charge in [-0.1, -0.05) is 72.8 Å². The Kier molecular flexibility index (Phi) is 10.5. The lowest BCUT2D eigenvalue weighted by Crippen LogP contribution is -2.53. The minimum Gasteiger partial charge on any atom is -0.497 e. The number of fused-ring (bicyclic) bond motifs is 1. The van der Waals surface area contributed by atoms with E-state index in [1.807, 2.05) is 74.8 Å². The van der Waals surface area contributed by atoms with Gasteiger partial charge in [-0.25, -0.2) is 14.6 Å². The number of benzene rings is 3. The summed E-state index contributed by atoms with van der Waals surface area (Å²) in [6.45, 7) is -3.73. The number of aromatic nitrogens is 4. The van der Waals surface area contributed by atoms with Gasteiger partial charge < -0.3 is 18.9 Å². The lowest BCUT2D eigenvalue weighted by Gasteiger charge is -2.40. The number of methoxy groups -OCH3 is 1. The Morgan fingerprint density at radius 2 is 1.66 bits per heavy atom. The number of aliphatic imine (C=N–C) groups is 1. The van der Waals surface area contributed by atoms with E-state index in [2.05, 4.69) is 49.5 Å². The molecule has 262 valence electrons. The lowest BCUT2D eigenvalue weighted by atomic mass is 9.76. The van der Waals surface area contributed by atoms with Crippen molar-refractivity contribution >= 4 is 41.6 Å². The van der Waals surface area contributed by atoms with Gasteiger partial charge in [0.15, 0.2) is 11.2 Å². The maximum absolute atomic E-state index is 13.2. The Morgan fingerprint density at radius 3 is 2.24 bits per heavy atom. The number of rotatable bonds is 13. The molecule has 0 bridgehead atoms. The van der Waals surface area contributed by atoms with Gasteiger partial charge in [0, 0.05) is 26.6 Å². The molecule has 1 fully saturated rings. The lowest BCUT2D eigenvalue weighted by molar-refractivity contribution is -0.0215. The number of aromatic amines is 1. The molecule has 1 aliphatic heterocycles. The van der Waals surface area contributed by atoms with Crippen molar-refractivity contribution < 1.29 is 18.6 Å². The van der Waals surface area contributed by atoms with Crippen molar-refractivity contribution in [1.29, 1.82) is 0 Å².